The van der Waals surface area contributed by atoms with Crippen LogP contribution >= 0.6 is 0 Å². The topological polar surface area (TPSA) is 3.24 Å². The Morgan fingerprint density at radius 3 is 1.40 bits per heavy atom. The van der Waals surface area contributed by atoms with Crippen molar-refractivity contribution in [2.24, 2.45) is 0 Å². The van der Waals surface area contributed by atoms with E-state index in [0.29, 0.717) is 0 Å². The van der Waals surface area contributed by atoms with E-state index in [1.54, 1.807) is 0 Å². The zero-order chi connectivity index (χ0) is 41.8. The van der Waals surface area contributed by atoms with E-state index in [4.69, 9.17) is 0 Å². The standard InChI is InChI=1S/C62H43N/c1-5-21-44(22-6-1)45-39-41-50(42-40-45)63(59-38-18-14-31-52(59)46-23-7-2-8-24-46)51-30-19-29-49(43-51)61(47-25-9-3-10-26-47)56-35-16-17-36-57(56)62(48-27-11-4-12-28-48)55-34-15-13-32-53(55)54-33-20-37-58(61)60(54)62/h1-43H. The van der Waals surface area contributed by atoms with E-state index in [0.717, 1.165) is 17.1 Å². The summed E-state index contributed by atoms with van der Waals surface area (Å²) in [6, 6.07) is 96.6. The van der Waals surface area contributed by atoms with Crippen LogP contribution in [0.4, 0.5) is 17.1 Å². The molecular formula is C62H43N. The molecule has 0 spiro atoms. The maximum Gasteiger partial charge on any atom is 0.0720 e. The van der Waals surface area contributed by atoms with Crippen LogP contribution in [-0.2, 0) is 10.8 Å². The highest BCUT2D eigenvalue weighted by atomic mass is 15.1. The lowest BCUT2D eigenvalue weighted by molar-refractivity contribution is 0.627. The van der Waals surface area contributed by atoms with Crippen LogP contribution < -0.4 is 4.90 Å². The van der Waals surface area contributed by atoms with E-state index in [2.05, 4.69) is 266 Å². The highest BCUT2D eigenvalue weighted by molar-refractivity contribution is 5.93. The van der Waals surface area contributed by atoms with Gasteiger partial charge in [-0.25, -0.2) is 0 Å². The van der Waals surface area contributed by atoms with Crippen LogP contribution in [0.1, 0.15) is 44.5 Å². The van der Waals surface area contributed by atoms with Gasteiger partial charge in [-0.1, -0.05) is 231 Å². The molecule has 0 saturated carbocycles. The second-order valence-corrected chi connectivity index (χ2v) is 16.7. The molecule has 2 aliphatic rings. The number of para-hydroxylation sites is 1. The van der Waals surface area contributed by atoms with Crippen molar-refractivity contribution in [3.8, 4) is 33.4 Å². The first kappa shape index (κ1) is 36.8. The Labute approximate surface area is 369 Å². The summed E-state index contributed by atoms with van der Waals surface area (Å²) in [4.78, 5) is 2.45. The third-order valence-electron chi connectivity index (χ3n) is 13.6. The van der Waals surface area contributed by atoms with Gasteiger partial charge in [0.25, 0.3) is 0 Å². The van der Waals surface area contributed by atoms with Gasteiger partial charge in [0.05, 0.1) is 16.5 Å². The molecule has 296 valence electrons. The Morgan fingerprint density at radius 1 is 0.254 bits per heavy atom. The van der Waals surface area contributed by atoms with Gasteiger partial charge in [0.2, 0.25) is 0 Å². The molecule has 0 amide bonds. The fourth-order valence-corrected chi connectivity index (χ4v) is 11.1. The molecule has 2 atom stereocenters. The van der Waals surface area contributed by atoms with Crippen molar-refractivity contribution in [2.75, 3.05) is 4.90 Å². The summed E-state index contributed by atoms with van der Waals surface area (Å²) in [5, 5.41) is 0. The normalized spacial score (nSPS) is 16.7. The van der Waals surface area contributed by atoms with E-state index in [1.165, 1.54) is 77.9 Å². The fourth-order valence-electron chi connectivity index (χ4n) is 11.1. The molecule has 0 aromatic heterocycles. The van der Waals surface area contributed by atoms with Crippen molar-refractivity contribution in [3.63, 3.8) is 0 Å². The van der Waals surface area contributed by atoms with Gasteiger partial charge in [-0.2, -0.15) is 0 Å². The van der Waals surface area contributed by atoms with Crippen molar-refractivity contribution in [1.82, 2.24) is 0 Å². The number of benzene rings is 10. The van der Waals surface area contributed by atoms with Gasteiger partial charge >= 0.3 is 0 Å². The first-order chi connectivity index (χ1) is 31.3. The molecule has 2 aliphatic carbocycles. The van der Waals surface area contributed by atoms with Crippen molar-refractivity contribution in [1.29, 1.82) is 0 Å². The predicted octanol–water partition coefficient (Wildman–Crippen LogP) is 15.5. The minimum absolute atomic E-state index is 0.503. The number of nitrogens with zero attached hydrogens (tertiary/aromatic N) is 1. The summed E-state index contributed by atoms with van der Waals surface area (Å²) < 4.78 is 0. The minimum Gasteiger partial charge on any atom is -0.310 e. The maximum atomic E-state index is 2.47. The molecule has 0 radical (unpaired) electrons. The van der Waals surface area contributed by atoms with Gasteiger partial charge in [-0.3, -0.25) is 0 Å². The molecule has 1 nitrogen and oxygen atoms in total. The Hall–Kier alpha value is -8.00. The fraction of sp³-hybridized carbons (Fsp3) is 0.0323. The monoisotopic (exact) mass is 801 g/mol. The van der Waals surface area contributed by atoms with Gasteiger partial charge in [-0.15, -0.1) is 0 Å². The van der Waals surface area contributed by atoms with Crippen molar-refractivity contribution in [2.45, 2.75) is 10.8 Å². The number of rotatable bonds is 8. The van der Waals surface area contributed by atoms with E-state index >= 15 is 0 Å². The first-order valence-corrected chi connectivity index (χ1v) is 21.9. The zero-order valence-corrected chi connectivity index (χ0v) is 34.8. The third kappa shape index (κ3) is 5.50. The lowest BCUT2D eigenvalue weighted by atomic mass is 9.51. The first-order valence-electron chi connectivity index (χ1n) is 21.9. The van der Waals surface area contributed by atoms with Crippen molar-refractivity contribution >= 4 is 17.1 Å². The predicted molar refractivity (Wildman–Crippen MR) is 261 cm³/mol. The number of hydrogen-bond acceptors (Lipinski definition) is 1. The Balaban J connectivity index is 1.15. The molecule has 2 unspecified atom stereocenters. The Morgan fingerprint density at radius 2 is 0.714 bits per heavy atom. The summed E-state index contributed by atoms with van der Waals surface area (Å²) >= 11 is 0. The van der Waals surface area contributed by atoms with Crippen molar-refractivity contribution in [3.05, 3.63) is 305 Å². The lowest BCUT2D eigenvalue weighted by Gasteiger charge is -2.49. The molecule has 0 saturated heterocycles. The van der Waals surface area contributed by atoms with Crippen LogP contribution in [0.3, 0.4) is 0 Å². The molecule has 0 heterocycles. The zero-order valence-electron chi connectivity index (χ0n) is 34.8. The molecule has 63 heavy (non-hydrogen) atoms. The lowest BCUT2D eigenvalue weighted by Crippen LogP contribution is -2.44. The summed E-state index contributed by atoms with van der Waals surface area (Å²) in [6.45, 7) is 0. The second-order valence-electron chi connectivity index (χ2n) is 16.7. The van der Waals surface area contributed by atoms with Gasteiger partial charge in [0.15, 0.2) is 0 Å². The van der Waals surface area contributed by atoms with E-state index in [-0.39, 0.29) is 0 Å². The van der Waals surface area contributed by atoms with E-state index in [1.807, 2.05) is 0 Å². The minimum atomic E-state index is -0.665. The average Bonchev–Trinajstić information content (AvgIpc) is 3.68. The highest BCUT2D eigenvalue weighted by Gasteiger charge is 2.57. The molecule has 1 heteroatoms. The third-order valence-corrected chi connectivity index (χ3v) is 13.6. The number of fused-ring (bicyclic) bond motifs is 5. The van der Waals surface area contributed by atoms with Crippen LogP contribution in [0.5, 0.6) is 0 Å². The van der Waals surface area contributed by atoms with Gasteiger partial charge in [0, 0.05) is 16.9 Å². The summed E-state index contributed by atoms with van der Waals surface area (Å²) in [5.41, 5.74) is 19.8. The maximum absolute atomic E-state index is 2.47. The molecule has 10 aromatic carbocycles. The molecule has 10 aromatic rings. The molecule has 12 rings (SSSR count). The number of anilines is 3. The van der Waals surface area contributed by atoms with E-state index < -0.39 is 10.8 Å². The van der Waals surface area contributed by atoms with Crippen LogP contribution in [0, 0.1) is 0 Å². The SMILES string of the molecule is c1ccc(-c2ccc(N(c3cccc(C4(c5ccccc5)c5ccccc5C5(c6ccccc6)c6ccccc6-c6cccc4c65)c3)c3ccccc3-c3ccccc3)cc2)cc1. The van der Waals surface area contributed by atoms with Crippen LogP contribution in [0.25, 0.3) is 33.4 Å². The average molecular weight is 802 g/mol. The smallest absolute Gasteiger partial charge is 0.0720 e. The van der Waals surface area contributed by atoms with E-state index in [9.17, 15) is 0 Å². The van der Waals surface area contributed by atoms with Gasteiger partial charge in [0.1, 0.15) is 0 Å². The number of hydrogen-bond donors (Lipinski definition) is 0. The molecule has 0 aliphatic heterocycles. The van der Waals surface area contributed by atoms with Crippen LogP contribution in [-0.4, -0.2) is 0 Å². The second kappa shape index (κ2) is 14.9. The molecule has 0 N–H and O–H groups in total. The summed E-state index contributed by atoms with van der Waals surface area (Å²) in [6.07, 6.45) is 0. The summed E-state index contributed by atoms with van der Waals surface area (Å²) in [7, 11) is 0. The van der Waals surface area contributed by atoms with Crippen LogP contribution in [0.2, 0.25) is 0 Å². The molecule has 0 fully saturated rings. The quantitative estimate of drug-likeness (QED) is 0.148. The molecule has 0 bridgehead atoms. The largest absolute Gasteiger partial charge is 0.310 e. The van der Waals surface area contributed by atoms with Crippen molar-refractivity contribution < 1.29 is 0 Å². The Kier molecular flexibility index (Phi) is 8.69. The highest BCUT2D eigenvalue weighted by Crippen LogP contribution is 2.66. The van der Waals surface area contributed by atoms with Crippen LogP contribution in [0.15, 0.2) is 261 Å². The van der Waals surface area contributed by atoms with Gasteiger partial charge in [-0.05, 0) is 103 Å². The molecular weight excluding hydrogens is 759 g/mol. The summed E-state index contributed by atoms with van der Waals surface area (Å²) in [5.74, 6) is 0. The van der Waals surface area contributed by atoms with Gasteiger partial charge < -0.3 is 4.90 Å². The Bertz CT molecular complexity index is 3270.